The highest BCUT2D eigenvalue weighted by Gasteiger charge is 2.27. The van der Waals surface area contributed by atoms with E-state index in [0.29, 0.717) is 31.8 Å². The molecule has 2 atom stereocenters. The maximum Gasteiger partial charge on any atom is 0.249 e. The van der Waals surface area contributed by atoms with Gasteiger partial charge < -0.3 is 20.5 Å². The Balaban J connectivity index is 1.60. The van der Waals surface area contributed by atoms with Crippen LogP contribution in [-0.2, 0) is 27.4 Å². The van der Waals surface area contributed by atoms with Crippen molar-refractivity contribution in [2.24, 2.45) is 5.73 Å². The van der Waals surface area contributed by atoms with Crippen LogP contribution in [0.4, 0.5) is 0 Å². The smallest absolute Gasteiger partial charge is 0.249 e. The molecule has 0 aromatic heterocycles. The van der Waals surface area contributed by atoms with Crippen LogP contribution in [0.5, 0.6) is 5.75 Å². The largest absolute Gasteiger partial charge is 0.489 e. The predicted octanol–water partition coefficient (Wildman–Crippen LogP) is 1.96. The fourth-order valence-corrected chi connectivity index (χ4v) is 3.01. The zero-order chi connectivity index (χ0) is 19.1. The second-order valence-electron chi connectivity index (χ2n) is 6.59. The van der Waals surface area contributed by atoms with Gasteiger partial charge in [-0.15, -0.1) is 0 Å². The van der Waals surface area contributed by atoms with E-state index in [1.54, 1.807) is 0 Å². The van der Waals surface area contributed by atoms with E-state index in [1.807, 2.05) is 54.6 Å². The van der Waals surface area contributed by atoms with Gasteiger partial charge in [0.2, 0.25) is 11.8 Å². The quantitative estimate of drug-likeness (QED) is 0.745. The number of hydrogen-bond donors (Lipinski definition) is 2. The Morgan fingerprint density at radius 3 is 2.63 bits per heavy atom. The maximum absolute atomic E-state index is 12.2. The third kappa shape index (κ3) is 5.56. The highest BCUT2D eigenvalue weighted by Crippen LogP contribution is 2.17. The number of carbonyl (C=O) groups is 2. The van der Waals surface area contributed by atoms with Crippen LogP contribution >= 0.6 is 0 Å². The molecule has 2 aromatic carbocycles. The summed E-state index contributed by atoms with van der Waals surface area (Å²) in [7, 11) is 0. The molecule has 2 aromatic rings. The highest BCUT2D eigenvalue weighted by atomic mass is 16.5. The summed E-state index contributed by atoms with van der Waals surface area (Å²) >= 11 is 0. The number of primary amides is 1. The molecular weight excluding hydrogens is 344 g/mol. The average molecular weight is 368 g/mol. The van der Waals surface area contributed by atoms with Crippen LogP contribution in [0, 0.1) is 0 Å². The van der Waals surface area contributed by atoms with E-state index in [9.17, 15) is 9.59 Å². The third-order valence-corrected chi connectivity index (χ3v) is 4.47. The average Bonchev–Trinajstić information content (AvgIpc) is 3.22. The molecule has 2 amide bonds. The van der Waals surface area contributed by atoms with Gasteiger partial charge >= 0.3 is 0 Å². The van der Waals surface area contributed by atoms with Crippen molar-refractivity contribution in [3.05, 3.63) is 65.7 Å². The van der Waals surface area contributed by atoms with Crippen LogP contribution in [0.1, 0.15) is 24.0 Å². The fourth-order valence-electron chi connectivity index (χ4n) is 3.01. The molecule has 0 unspecified atom stereocenters. The molecule has 1 aliphatic heterocycles. The molecule has 1 aliphatic rings. The Morgan fingerprint density at radius 1 is 1.15 bits per heavy atom. The van der Waals surface area contributed by atoms with E-state index in [2.05, 4.69) is 5.32 Å². The van der Waals surface area contributed by atoms with Gasteiger partial charge in [-0.25, -0.2) is 0 Å². The summed E-state index contributed by atoms with van der Waals surface area (Å²) in [4.78, 5) is 24.0. The molecule has 0 saturated carbocycles. The van der Waals surface area contributed by atoms with E-state index in [-0.39, 0.29) is 5.91 Å². The predicted molar refractivity (Wildman–Crippen MR) is 101 cm³/mol. The lowest BCUT2D eigenvalue weighted by Crippen LogP contribution is -2.49. The number of ether oxygens (including phenoxy) is 2. The second kappa shape index (κ2) is 9.19. The van der Waals surface area contributed by atoms with Crippen molar-refractivity contribution in [2.45, 2.75) is 38.0 Å². The van der Waals surface area contributed by atoms with E-state index < -0.39 is 18.1 Å². The zero-order valence-electron chi connectivity index (χ0n) is 15.1. The molecule has 6 heteroatoms. The topological polar surface area (TPSA) is 90.7 Å². The van der Waals surface area contributed by atoms with Crippen LogP contribution in [0.3, 0.4) is 0 Å². The van der Waals surface area contributed by atoms with E-state index in [1.165, 1.54) is 0 Å². The van der Waals surface area contributed by atoms with Gasteiger partial charge in [-0.1, -0.05) is 42.5 Å². The first-order valence-corrected chi connectivity index (χ1v) is 9.09. The van der Waals surface area contributed by atoms with Gasteiger partial charge in [0, 0.05) is 13.0 Å². The first-order valence-electron chi connectivity index (χ1n) is 9.09. The van der Waals surface area contributed by atoms with Gasteiger partial charge in [0.05, 0.1) is 0 Å². The molecule has 27 heavy (non-hydrogen) atoms. The Labute approximate surface area is 158 Å². The van der Waals surface area contributed by atoms with Crippen LogP contribution in [-0.4, -0.2) is 30.6 Å². The Hall–Kier alpha value is -2.86. The van der Waals surface area contributed by atoms with E-state index in [0.717, 1.165) is 17.5 Å². The normalized spacial score (nSPS) is 17.3. The van der Waals surface area contributed by atoms with Crippen LogP contribution in [0.2, 0.25) is 0 Å². The molecule has 0 spiro atoms. The maximum atomic E-state index is 12.2. The van der Waals surface area contributed by atoms with Crippen molar-refractivity contribution in [3.8, 4) is 5.75 Å². The summed E-state index contributed by atoms with van der Waals surface area (Å²) < 4.78 is 11.2. The minimum atomic E-state index is -0.786. The monoisotopic (exact) mass is 368 g/mol. The number of rotatable bonds is 8. The number of nitrogens with one attached hydrogen (secondary N) is 1. The van der Waals surface area contributed by atoms with Crippen LogP contribution < -0.4 is 15.8 Å². The lowest BCUT2D eigenvalue weighted by atomic mass is 10.0. The SMILES string of the molecule is NC(=O)[C@H](Cc1cccc(OCc2ccccc2)c1)NC(=O)[C@H]1CCCO1. The van der Waals surface area contributed by atoms with Gasteiger partial charge in [-0.3, -0.25) is 9.59 Å². The molecule has 1 fully saturated rings. The Morgan fingerprint density at radius 2 is 1.93 bits per heavy atom. The van der Waals surface area contributed by atoms with E-state index in [4.69, 9.17) is 15.2 Å². The lowest BCUT2D eigenvalue weighted by Gasteiger charge is -2.18. The molecule has 3 rings (SSSR count). The minimum Gasteiger partial charge on any atom is -0.489 e. The lowest BCUT2D eigenvalue weighted by molar-refractivity contribution is -0.133. The zero-order valence-corrected chi connectivity index (χ0v) is 15.1. The standard InChI is InChI=1S/C21H24N2O4/c22-20(24)18(23-21(25)19-10-5-11-26-19)13-16-8-4-9-17(12-16)27-14-15-6-2-1-3-7-15/h1-4,6-9,12,18-19H,5,10-11,13-14H2,(H2,22,24)(H,23,25)/t18-,19+/m0/s1. The van der Waals surface area contributed by atoms with Crippen molar-refractivity contribution in [3.63, 3.8) is 0 Å². The second-order valence-corrected chi connectivity index (χ2v) is 6.59. The molecule has 142 valence electrons. The first kappa shape index (κ1) is 18.9. The highest BCUT2D eigenvalue weighted by molar-refractivity contribution is 5.88. The molecular formula is C21H24N2O4. The van der Waals surface area contributed by atoms with Gasteiger partial charge in [0.25, 0.3) is 0 Å². The number of hydrogen-bond acceptors (Lipinski definition) is 4. The molecule has 1 heterocycles. The van der Waals surface area contributed by atoms with E-state index >= 15 is 0 Å². The third-order valence-electron chi connectivity index (χ3n) is 4.47. The molecule has 0 radical (unpaired) electrons. The van der Waals surface area contributed by atoms with Gasteiger partial charge in [0.15, 0.2) is 0 Å². The summed E-state index contributed by atoms with van der Waals surface area (Å²) in [5.74, 6) is -0.158. The summed E-state index contributed by atoms with van der Waals surface area (Å²) in [6, 6.07) is 16.5. The molecule has 0 bridgehead atoms. The van der Waals surface area contributed by atoms with Crippen LogP contribution in [0.15, 0.2) is 54.6 Å². The number of nitrogens with two attached hydrogens (primary N) is 1. The van der Waals surface area contributed by atoms with Crippen LogP contribution in [0.25, 0.3) is 0 Å². The molecule has 0 aliphatic carbocycles. The van der Waals surface area contributed by atoms with Crippen molar-refractivity contribution < 1.29 is 19.1 Å². The summed E-state index contributed by atoms with van der Waals surface area (Å²) in [5.41, 5.74) is 7.41. The Kier molecular flexibility index (Phi) is 6.44. The van der Waals surface area contributed by atoms with Crippen molar-refractivity contribution >= 4 is 11.8 Å². The summed E-state index contributed by atoms with van der Waals surface area (Å²) in [6.07, 6.45) is 1.32. The minimum absolute atomic E-state index is 0.284. The molecule has 3 N–H and O–H groups in total. The fraction of sp³-hybridized carbons (Fsp3) is 0.333. The van der Waals surface area contributed by atoms with Gasteiger partial charge in [0.1, 0.15) is 24.5 Å². The van der Waals surface area contributed by atoms with Crippen molar-refractivity contribution in [1.82, 2.24) is 5.32 Å². The summed E-state index contributed by atoms with van der Waals surface area (Å²) in [6.45, 7) is 1.03. The Bertz CT molecular complexity index is 773. The van der Waals surface area contributed by atoms with Gasteiger partial charge in [-0.05, 0) is 36.1 Å². The first-order chi connectivity index (χ1) is 13.1. The molecule has 1 saturated heterocycles. The molecule has 6 nitrogen and oxygen atoms in total. The van der Waals surface area contributed by atoms with Crippen molar-refractivity contribution in [1.29, 1.82) is 0 Å². The number of benzene rings is 2. The van der Waals surface area contributed by atoms with Crippen molar-refractivity contribution in [2.75, 3.05) is 6.61 Å². The number of amides is 2. The summed E-state index contributed by atoms with van der Waals surface area (Å²) in [5, 5.41) is 2.70. The van der Waals surface area contributed by atoms with Gasteiger partial charge in [-0.2, -0.15) is 0 Å². The number of carbonyl (C=O) groups excluding carboxylic acids is 2.